The molecule has 1 amide bonds. The first-order chi connectivity index (χ1) is 9.74. The molecular formula is C17H26N2O. The Kier molecular flexibility index (Phi) is 5.60. The molecule has 20 heavy (non-hydrogen) atoms. The molecule has 1 fully saturated rings. The van der Waals surface area contributed by atoms with Crippen LogP contribution in [0.25, 0.3) is 0 Å². The summed E-state index contributed by atoms with van der Waals surface area (Å²) in [6, 6.07) is 10.3. The normalized spacial score (nSPS) is 24.1. The largest absolute Gasteiger partial charge is 0.348 e. The lowest BCUT2D eigenvalue weighted by Crippen LogP contribution is -2.49. The fourth-order valence-electron chi connectivity index (χ4n) is 2.95. The lowest BCUT2D eigenvalue weighted by molar-refractivity contribution is -0.124. The van der Waals surface area contributed by atoms with E-state index < -0.39 is 0 Å². The SMILES string of the molecule is CCC1CCNC(C(=O)NC(CC)c2ccccc2)C1. The van der Waals surface area contributed by atoms with Crippen molar-refractivity contribution in [1.29, 1.82) is 0 Å². The second kappa shape index (κ2) is 7.44. The molecule has 1 heterocycles. The third-order valence-corrected chi connectivity index (χ3v) is 4.33. The highest BCUT2D eigenvalue weighted by molar-refractivity contribution is 5.82. The maximum absolute atomic E-state index is 12.4. The number of nitrogens with one attached hydrogen (secondary N) is 2. The summed E-state index contributed by atoms with van der Waals surface area (Å²) < 4.78 is 0. The zero-order valence-electron chi connectivity index (χ0n) is 12.6. The van der Waals surface area contributed by atoms with Crippen molar-refractivity contribution in [3.8, 4) is 0 Å². The summed E-state index contributed by atoms with van der Waals surface area (Å²) in [5.41, 5.74) is 1.19. The van der Waals surface area contributed by atoms with Crippen LogP contribution in [0.15, 0.2) is 30.3 Å². The molecule has 0 aromatic heterocycles. The van der Waals surface area contributed by atoms with Gasteiger partial charge in [0.05, 0.1) is 12.1 Å². The summed E-state index contributed by atoms with van der Waals surface area (Å²) in [5.74, 6) is 0.836. The molecular weight excluding hydrogens is 248 g/mol. The van der Waals surface area contributed by atoms with Gasteiger partial charge in [0.1, 0.15) is 0 Å². The van der Waals surface area contributed by atoms with Gasteiger partial charge in [-0.25, -0.2) is 0 Å². The molecule has 3 atom stereocenters. The molecule has 1 aliphatic heterocycles. The van der Waals surface area contributed by atoms with E-state index in [-0.39, 0.29) is 18.0 Å². The predicted octanol–water partition coefficient (Wildman–Crippen LogP) is 3.03. The van der Waals surface area contributed by atoms with Gasteiger partial charge in [-0.05, 0) is 37.3 Å². The van der Waals surface area contributed by atoms with Crippen LogP contribution < -0.4 is 10.6 Å². The first-order valence-corrected chi connectivity index (χ1v) is 7.83. The first kappa shape index (κ1) is 15.0. The van der Waals surface area contributed by atoms with Gasteiger partial charge in [-0.1, -0.05) is 50.6 Å². The maximum atomic E-state index is 12.4. The molecule has 0 spiro atoms. The second-order valence-corrected chi connectivity index (χ2v) is 5.69. The third-order valence-electron chi connectivity index (χ3n) is 4.33. The third kappa shape index (κ3) is 3.83. The van der Waals surface area contributed by atoms with E-state index in [9.17, 15) is 4.79 Å². The molecule has 2 N–H and O–H groups in total. The van der Waals surface area contributed by atoms with Gasteiger partial charge < -0.3 is 10.6 Å². The molecule has 1 saturated heterocycles. The van der Waals surface area contributed by atoms with Crippen LogP contribution in [0.3, 0.4) is 0 Å². The fraction of sp³-hybridized carbons (Fsp3) is 0.588. The van der Waals surface area contributed by atoms with Crippen molar-refractivity contribution in [3.63, 3.8) is 0 Å². The van der Waals surface area contributed by atoms with Crippen molar-refractivity contribution in [2.45, 2.75) is 51.6 Å². The molecule has 2 rings (SSSR count). The standard InChI is InChI=1S/C17H26N2O/c1-3-13-10-11-18-16(12-13)17(20)19-15(4-2)14-8-6-5-7-9-14/h5-9,13,15-16,18H,3-4,10-12H2,1-2H3,(H,19,20). The van der Waals surface area contributed by atoms with Crippen LogP contribution in [0.1, 0.15) is 51.1 Å². The summed E-state index contributed by atoms with van der Waals surface area (Å²) in [6.45, 7) is 5.28. The molecule has 1 aliphatic rings. The van der Waals surface area contributed by atoms with Crippen LogP contribution in [-0.4, -0.2) is 18.5 Å². The maximum Gasteiger partial charge on any atom is 0.237 e. The Bertz CT molecular complexity index is 418. The summed E-state index contributed by atoms with van der Waals surface area (Å²) >= 11 is 0. The van der Waals surface area contributed by atoms with Crippen LogP contribution in [0.2, 0.25) is 0 Å². The average molecular weight is 274 g/mol. The lowest BCUT2D eigenvalue weighted by atomic mass is 9.90. The Morgan fingerprint density at radius 2 is 2.10 bits per heavy atom. The number of amides is 1. The van der Waals surface area contributed by atoms with Gasteiger partial charge in [0.15, 0.2) is 0 Å². The van der Waals surface area contributed by atoms with Crippen molar-refractivity contribution in [1.82, 2.24) is 10.6 Å². The number of benzene rings is 1. The number of rotatable bonds is 5. The Balaban J connectivity index is 1.95. The average Bonchev–Trinajstić information content (AvgIpc) is 2.53. The Hall–Kier alpha value is -1.35. The van der Waals surface area contributed by atoms with Gasteiger partial charge in [0, 0.05) is 0 Å². The number of piperidine rings is 1. The van der Waals surface area contributed by atoms with Crippen LogP contribution in [-0.2, 0) is 4.79 Å². The zero-order chi connectivity index (χ0) is 14.4. The summed E-state index contributed by atoms with van der Waals surface area (Å²) in [7, 11) is 0. The summed E-state index contributed by atoms with van der Waals surface area (Å²) in [6.07, 6.45) is 4.24. The fourth-order valence-corrected chi connectivity index (χ4v) is 2.95. The second-order valence-electron chi connectivity index (χ2n) is 5.69. The molecule has 3 nitrogen and oxygen atoms in total. The molecule has 1 aromatic carbocycles. The van der Waals surface area contributed by atoms with E-state index >= 15 is 0 Å². The van der Waals surface area contributed by atoms with Crippen molar-refractivity contribution in [2.24, 2.45) is 5.92 Å². The Morgan fingerprint density at radius 1 is 1.35 bits per heavy atom. The molecule has 0 aliphatic carbocycles. The first-order valence-electron chi connectivity index (χ1n) is 7.83. The molecule has 0 radical (unpaired) electrons. The lowest BCUT2D eigenvalue weighted by Gasteiger charge is -2.30. The van der Waals surface area contributed by atoms with Crippen LogP contribution >= 0.6 is 0 Å². The van der Waals surface area contributed by atoms with Gasteiger partial charge in [0.2, 0.25) is 5.91 Å². The highest BCUT2D eigenvalue weighted by atomic mass is 16.2. The van der Waals surface area contributed by atoms with Crippen molar-refractivity contribution in [2.75, 3.05) is 6.54 Å². The molecule has 3 unspecified atom stereocenters. The molecule has 0 saturated carbocycles. The smallest absolute Gasteiger partial charge is 0.237 e. The monoisotopic (exact) mass is 274 g/mol. The van der Waals surface area contributed by atoms with E-state index in [4.69, 9.17) is 0 Å². The van der Waals surface area contributed by atoms with E-state index in [1.165, 1.54) is 18.4 Å². The number of carbonyl (C=O) groups is 1. The van der Waals surface area contributed by atoms with Crippen LogP contribution in [0.5, 0.6) is 0 Å². The van der Waals surface area contributed by atoms with E-state index in [2.05, 4.69) is 36.6 Å². The zero-order valence-corrected chi connectivity index (χ0v) is 12.6. The number of hydrogen-bond donors (Lipinski definition) is 2. The van der Waals surface area contributed by atoms with Crippen LogP contribution in [0, 0.1) is 5.92 Å². The van der Waals surface area contributed by atoms with Crippen LogP contribution in [0.4, 0.5) is 0 Å². The van der Waals surface area contributed by atoms with E-state index in [0.29, 0.717) is 5.92 Å². The van der Waals surface area contributed by atoms with Crippen molar-refractivity contribution >= 4 is 5.91 Å². The summed E-state index contributed by atoms with van der Waals surface area (Å²) in [5, 5.41) is 6.55. The predicted molar refractivity (Wildman–Crippen MR) is 82.4 cm³/mol. The topological polar surface area (TPSA) is 41.1 Å². The minimum absolute atomic E-state index is 0.0218. The summed E-state index contributed by atoms with van der Waals surface area (Å²) in [4.78, 5) is 12.4. The van der Waals surface area contributed by atoms with Gasteiger partial charge in [-0.2, -0.15) is 0 Å². The number of hydrogen-bond acceptors (Lipinski definition) is 2. The van der Waals surface area contributed by atoms with Crippen molar-refractivity contribution in [3.05, 3.63) is 35.9 Å². The van der Waals surface area contributed by atoms with E-state index in [0.717, 1.165) is 19.4 Å². The Morgan fingerprint density at radius 3 is 2.75 bits per heavy atom. The number of carbonyl (C=O) groups excluding carboxylic acids is 1. The highest BCUT2D eigenvalue weighted by Gasteiger charge is 2.27. The molecule has 1 aromatic rings. The van der Waals surface area contributed by atoms with Gasteiger partial charge >= 0.3 is 0 Å². The Labute approximate surface area is 122 Å². The van der Waals surface area contributed by atoms with Crippen molar-refractivity contribution < 1.29 is 4.79 Å². The van der Waals surface area contributed by atoms with E-state index in [1.807, 2.05) is 18.2 Å². The van der Waals surface area contributed by atoms with Gasteiger partial charge in [-0.15, -0.1) is 0 Å². The highest BCUT2D eigenvalue weighted by Crippen LogP contribution is 2.21. The quantitative estimate of drug-likeness (QED) is 0.866. The molecule has 110 valence electrons. The minimum atomic E-state index is -0.0218. The molecule has 0 bridgehead atoms. The minimum Gasteiger partial charge on any atom is -0.348 e. The van der Waals surface area contributed by atoms with Gasteiger partial charge in [-0.3, -0.25) is 4.79 Å². The molecule has 3 heteroatoms. The van der Waals surface area contributed by atoms with Gasteiger partial charge in [0.25, 0.3) is 0 Å². The van der Waals surface area contributed by atoms with E-state index in [1.54, 1.807) is 0 Å².